The Kier molecular flexibility index (Phi) is 4.75. The molecule has 1 aromatic carbocycles. The van der Waals surface area contributed by atoms with Crippen molar-refractivity contribution in [2.24, 2.45) is 0 Å². The lowest BCUT2D eigenvalue weighted by Gasteiger charge is -2.24. The van der Waals surface area contributed by atoms with Crippen molar-refractivity contribution in [3.8, 4) is 5.75 Å². The Bertz CT molecular complexity index is 603. The number of thiophene rings is 1. The van der Waals surface area contributed by atoms with Crippen LogP contribution in [0.25, 0.3) is 0 Å². The minimum Gasteiger partial charge on any atom is -0.488 e. The Morgan fingerprint density at radius 3 is 2.86 bits per heavy atom. The van der Waals surface area contributed by atoms with Gasteiger partial charge in [-0.2, -0.15) is 0 Å². The van der Waals surface area contributed by atoms with Crippen LogP contribution in [0.5, 0.6) is 5.75 Å². The molecular weight excluding hydrogens is 325 g/mol. The van der Waals surface area contributed by atoms with Gasteiger partial charge in [0.15, 0.2) is 0 Å². The summed E-state index contributed by atoms with van der Waals surface area (Å²) >= 11 is 13.9. The zero-order valence-electron chi connectivity index (χ0n) is 11.7. The maximum absolute atomic E-state index is 6.35. The number of para-hydroxylation sites is 1. The molecule has 1 aromatic heterocycles. The zero-order valence-corrected chi connectivity index (χ0v) is 14.1. The number of ether oxygens (including phenoxy) is 1. The van der Waals surface area contributed by atoms with Gasteiger partial charge in [0.05, 0.1) is 14.7 Å². The third kappa shape index (κ3) is 3.21. The summed E-state index contributed by atoms with van der Waals surface area (Å²) in [5.41, 5.74) is 2.29. The molecule has 0 saturated carbocycles. The standard InChI is InChI=1S/C16H17Cl2NOS/c1-2-7-19-15(11-9-14(17)21-16(11)18)13-8-10-5-3-4-6-12(10)20-13/h3-6,9,13,15,19H,2,7-8H2,1H3. The van der Waals surface area contributed by atoms with E-state index in [2.05, 4.69) is 18.3 Å². The molecule has 0 spiro atoms. The molecule has 1 aliphatic heterocycles. The van der Waals surface area contributed by atoms with Crippen molar-refractivity contribution in [1.29, 1.82) is 0 Å². The first-order valence-electron chi connectivity index (χ1n) is 7.11. The van der Waals surface area contributed by atoms with Crippen molar-refractivity contribution in [2.75, 3.05) is 6.54 Å². The molecule has 0 radical (unpaired) electrons. The van der Waals surface area contributed by atoms with Gasteiger partial charge in [0.2, 0.25) is 0 Å². The number of halogens is 2. The summed E-state index contributed by atoms with van der Waals surface area (Å²) in [7, 11) is 0. The van der Waals surface area contributed by atoms with E-state index in [4.69, 9.17) is 27.9 Å². The molecule has 0 bridgehead atoms. The molecular formula is C16H17Cl2NOS. The Balaban J connectivity index is 1.86. The molecule has 0 fully saturated rings. The second-order valence-corrected chi connectivity index (χ2v) is 7.47. The van der Waals surface area contributed by atoms with Gasteiger partial charge in [-0.1, -0.05) is 48.3 Å². The molecule has 0 amide bonds. The Labute approximate surface area is 139 Å². The largest absolute Gasteiger partial charge is 0.488 e. The summed E-state index contributed by atoms with van der Waals surface area (Å²) in [6.45, 7) is 3.07. The van der Waals surface area contributed by atoms with Crippen LogP contribution in [0.2, 0.25) is 8.67 Å². The minimum atomic E-state index is 0.0529. The summed E-state index contributed by atoms with van der Waals surface area (Å²) in [4.78, 5) is 0. The highest BCUT2D eigenvalue weighted by Crippen LogP contribution is 2.40. The summed E-state index contributed by atoms with van der Waals surface area (Å²) in [5.74, 6) is 0.975. The quantitative estimate of drug-likeness (QED) is 0.816. The van der Waals surface area contributed by atoms with E-state index >= 15 is 0 Å². The topological polar surface area (TPSA) is 21.3 Å². The van der Waals surface area contributed by atoms with E-state index in [1.54, 1.807) is 0 Å². The number of hydrogen-bond acceptors (Lipinski definition) is 3. The lowest BCUT2D eigenvalue weighted by Crippen LogP contribution is -2.35. The number of hydrogen-bond donors (Lipinski definition) is 1. The Hall–Kier alpha value is -0.740. The molecule has 3 rings (SSSR count). The lowest BCUT2D eigenvalue weighted by atomic mass is 9.99. The molecule has 5 heteroatoms. The van der Waals surface area contributed by atoms with Crippen molar-refractivity contribution < 1.29 is 4.74 Å². The van der Waals surface area contributed by atoms with Crippen molar-refractivity contribution >= 4 is 34.5 Å². The summed E-state index contributed by atoms with van der Waals surface area (Å²) in [6, 6.07) is 10.2. The fourth-order valence-corrected chi connectivity index (χ4v) is 4.25. The average molecular weight is 342 g/mol. The monoisotopic (exact) mass is 341 g/mol. The fourth-order valence-electron chi connectivity index (χ4n) is 2.70. The van der Waals surface area contributed by atoms with E-state index in [0.717, 1.165) is 35.0 Å². The molecule has 2 nitrogen and oxygen atoms in total. The second-order valence-electron chi connectivity index (χ2n) is 5.18. The fraction of sp³-hybridized carbons (Fsp3) is 0.375. The summed E-state index contributed by atoms with van der Waals surface area (Å²) in [6.07, 6.45) is 2.00. The summed E-state index contributed by atoms with van der Waals surface area (Å²) in [5, 5.41) is 3.56. The summed E-state index contributed by atoms with van der Waals surface area (Å²) < 4.78 is 7.59. The molecule has 2 unspecified atom stereocenters. The van der Waals surface area contributed by atoms with Crippen LogP contribution in [0, 0.1) is 0 Å². The first kappa shape index (κ1) is 15.2. The van der Waals surface area contributed by atoms with E-state index in [1.165, 1.54) is 16.9 Å². The van der Waals surface area contributed by atoms with Gasteiger partial charge < -0.3 is 10.1 Å². The maximum atomic E-state index is 6.35. The van der Waals surface area contributed by atoms with Crippen LogP contribution in [0.15, 0.2) is 30.3 Å². The highest BCUT2D eigenvalue weighted by Gasteiger charge is 2.32. The number of fused-ring (bicyclic) bond motifs is 1. The van der Waals surface area contributed by atoms with E-state index in [0.29, 0.717) is 4.34 Å². The lowest BCUT2D eigenvalue weighted by molar-refractivity contribution is 0.179. The van der Waals surface area contributed by atoms with Gasteiger partial charge in [0.25, 0.3) is 0 Å². The SMILES string of the molecule is CCCNC(c1cc(Cl)sc1Cl)C1Cc2ccccc2O1. The molecule has 21 heavy (non-hydrogen) atoms. The van der Waals surface area contributed by atoms with E-state index in [9.17, 15) is 0 Å². The normalized spacial score (nSPS) is 18.3. The molecule has 2 aromatic rings. The number of nitrogens with one attached hydrogen (secondary N) is 1. The second kappa shape index (κ2) is 6.57. The van der Waals surface area contributed by atoms with Crippen LogP contribution in [-0.2, 0) is 6.42 Å². The predicted octanol–water partition coefficient (Wildman–Crippen LogP) is 5.10. The van der Waals surface area contributed by atoms with Gasteiger partial charge in [0, 0.05) is 12.0 Å². The van der Waals surface area contributed by atoms with Crippen LogP contribution in [-0.4, -0.2) is 12.6 Å². The molecule has 0 aliphatic carbocycles. The smallest absolute Gasteiger partial charge is 0.123 e. The minimum absolute atomic E-state index is 0.0529. The first-order valence-corrected chi connectivity index (χ1v) is 8.69. The van der Waals surface area contributed by atoms with Crippen molar-refractivity contribution in [2.45, 2.75) is 31.9 Å². The third-order valence-corrected chi connectivity index (χ3v) is 5.19. The molecule has 2 atom stereocenters. The van der Waals surface area contributed by atoms with Crippen LogP contribution in [0.1, 0.15) is 30.5 Å². The van der Waals surface area contributed by atoms with Gasteiger partial charge in [0.1, 0.15) is 11.9 Å². The molecule has 1 N–H and O–H groups in total. The highest BCUT2D eigenvalue weighted by atomic mass is 35.5. The van der Waals surface area contributed by atoms with Gasteiger partial charge in [-0.15, -0.1) is 11.3 Å². The van der Waals surface area contributed by atoms with E-state index in [-0.39, 0.29) is 12.1 Å². The Morgan fingerprint density at radius 2 is 2.19 bits per heavy atom. The van der Waals surface area contributed by atoms with Crippen molar-refractivity contribution in [3.05, 3.63) is 50.1 Å². The number of rotatable bonds is 5. The van der Waals surface area contributed by atoms with Crippen LogP contribution < -0.4 is 10.1 Å². The molecule has 0 saturated heterocycles. The highest BCUT2D eigenvalue weighted by molar-refractivity contribution is 7.20. The van der Waals surface area contributed by atoms with Crippen molar-refractivity contribution in [3.63, 3.8) is 0 Å². The predicted molar refractivity (Wildman–Crippen MR) is 89.9 cm³/mol. The third-order valence-electron chi connectivity index (χ3n) is 3.68. The molecule has 1 aliphatic rings. The van der Waals surface area contributed by atoms with Gasteiger partial charge in [-0.05, 0) is 30.7 Å². The molecule has 2 heterocycles. The molecule has 112 valence electrons. The van der Waals surface area contributed by atoms with Gasteiger partial charge >= 0.3 is 0 Å². The van der Waals surface area contributed by atoms with Gasteiger partial charge in [-0.3, -0.25) is 0 Å². The van der Waals surface area contributed by atoms with Crippen LogP contribution in [0.3, 0.4) is 0 Å². The Morgan fingerprint density at radius 1 is 1.38 bits per heavy atom. The van der Waals surface area contributed by atoms with Crippen LogP contribution in [0.4, 0.5) is 0 Å². The van der Waals surface area contributed by atoms with E-state index in [1.807, 2.05) is 24.3 Å². The van der Waals surface area contributed by atoms with Crippen molar-refractivity contribution in [1.82, 2.24) is 5.32 Å². The van der Waals surface area contributed by atoms with Crippen LogP contribution >= 0.6 is 34.5 Å². The maximum Gasteiger partial charge on any atom is 0.123 e. The average Bonchev–Trinajstić information content (AvgIpc) is 3.03. The van der Waals surface area contributed by atoms with E-state index < -0.39 is 0 Å². The first-order chi connectivity index (χ1) is 10.2. The zero-order chi connectivity index (χ0) is 14.8. The number of benzene rings is 1. The van der Waals surface area contributed by atoms with Gasteiger partial charge in [-0.25, -0.2) is 0 Å².